The van der Waals surface area contributed by atoms with E-state index < -0.39 is 12.0 Å². The third-order valence-corrected chi connectivity index (χ3v) is 2.34. The summed E-state index contributed by atoms with van der Waals surface area (Å²) >= 11 is 0. The Kier molecular flexibility index (Phi) is 3.70. The lowest BCUT2D eigenvalue weighted by atomic mass is 10.0. The van der Waals surface area contributed by atoms with Crippen molar-refractivity contribution in [3.8, 4) is 11.5 Å². The highest BCUT2D eigenvalue weighted by atomic mass is 19.3. The molecule has 1 aromatic carbocycles. The van der Waals surface area contributed by atoms with E-state index in [0.717, 1.165) is 0 Å². The summed E-state index contributed by atoms with van der Waals surface area (Å²) in [6, 6.07) is 2.70. The van der Waals surface area contributed by atoms with Gasteiger partial charge in [0.1, 0.15) is 0 Å². The number of methoxy groups -OCH3 is 2. The van der Waals surface area contributed by atoms with Crippen LogP contribution in [0.2, 0.25) is 0 Å². The van der Waals surface area contributed by atoms with Gasteiger partial charge in [0.25, 0.3) is 5.92 Å². The fraction of sp³-hybridized carbons (Fsp3) is 0.455. The molecule has 90 valence electrons. The van der Waals surface area contributed by atoms with Crippen molar-refractivity contribution in [2.45, 2.75) is 18.9 Å². The van der Waals surface area contributed by atoms with Gasteiger partial charge in [0, 0.05) is 5.56 Å². The SMILES string of the molecule is COc1ccc(C(F)(F)C(C)N)cc1OC. The average molecular weight is 231 g/mol. The van der Waals surface area contributed by atoms with Gasteiger partial charge in [-0.2, -0.15) is 8.78 Å². The van der Waals surface area contributed by atoms with Crippen LogP contribution in [0.3, 0.4) is 0 Å². The van der Waals surface area contributed by atoms with Gasteiger partial charge in [-0.15, -0.1) is 0 Å². The summed E-state index contributed by atoms with van der Waals surface area (Å²) < 4.78 is 37.1. The van der Waals surface area contributed by atoms with Crippen molar-refractivity contribution in [2.24, 2.45) is 5.73 Å². The minimum absolute atomic E-state index is 0.180. The molecule has 1 atom stereocenters. The fourth-order valence-electron chi connectivity index (χ4n) is 1.31. The molecule has 0 bridgehead atoms. The molecule has 0 heterocycles. The van der Waals surface area contributed by atoms with Crippen LogP contribution in [0.4, 0.5) is 8.78 Å². The summed E-state index contributed by atoms with van der Waals surface area (Å²) in [6.45, 7) is 1.26. The van der Waals surface area contributed by atoms with Gasteiger partial charge in [0.05, 0.1) is 20.3 Å². The highest BCUT2D eigenvalue weighted by molar-refractivity contribution is 5.44. The summed E-state index contributed by atoms with van der Waals surface area (Å²) in [5.74, 6) is -2.41. The summed E-state index contributed by atoms with van der Waals surface area (Å²) in [5, 5.41) is 0. The zero-order valence-corrected chi connectivity index (χ0v) is 9.46. The Balaban J connectivity index is 3.17. The quantitative estimate of drug-likeness (QED) is 0.863. The zero-order chi connectivity index (χ0) is 12.3. The van der Waals surface area contributed by atoms with Crippen molar-refractivity contribution in [2.75, 3.05) is 14.2 Å². The van der Waals surface area contributed by atoms with Crippen molar-refractivity contribution < 1.29 is 18.3 Å². The molecule has 0 spiro atoms. The van der Waals surface area contributed by atoms with E-state index >= 15 is 0 Å². The first-order chi connectivity index (χ1) is 7.43. The Hall–Kier alpha value is -1.36. The first-order valence-electron chi connectivity index (χ1n) is 4.79. The zero-order valence-electron chi connectivity index (χ0n) is 9.46. The molecular weight excluding hydrogens is 216 g/mol. The van der Waals surface area contributed by atoms with Gasteiger partial charge in [-0.1, -0.05) is 0 Å². The molecule has 0 amide bonds. The predicted octanol–water partition coefficient (Wildman–Crippen LogP) is 2.14. The molecule has 1 aromatic rings. The van der Waals surface area contributed by atoms with Crippen LogP contribution in [0.25, 0.3) is 0 Å². The van der Waals surface area contributed by atoms with Crippen molar-refractivity contribution in [3.05, 3.63) is 23.8 Å². The highest BCUT2D eigenvalue weighted by Gasteiger charge is 2.36. The Labute approximate surface area is 93.2 Å². The number of ether oxygens (including phenoxy) is 2. The monoisotopic (exact) mass is 231 g/mol. The average Bonchev–Trinajstić information content (AvgIpc) is 2.27. The third kappa shape index (κ3) is 2.24. The molecular formula is C11H15F2NO2. The van der Waals surface area contributed by atoms with E-state index in [4.69, 9.17) is 15.2 Å². The molecule has 3 nitrogen and oxygen atoms in total. The van der Waals surface area contributed by atoms with Gasteiger partial charge in [-0.05, 0) is 25.1 Å². The molecule has 16 heavy (non-hydrogen) atoms. The number of benzene rings is 1. The Bertz CT molecular complexity index is 367. The van der Waals surface area contributed by atoms with Gasteiger partial charge in [-0.3, -0.25) is 0 Å². The molecule has 0 radical (unpaired) electrons. The van der Waals surface area contributed by atoms with E-state index in [1.807, 2.05) is 0 Å². The van der Waals surface area contributed by atoms with Crippen molar-refractivity contribution >= 4 is 0 Å². The summed E-state index contributed by atoms with van der Waals surface area (Å²) in [5.41, 5.74) is 5.06. The molecule has 2 N–H and O–H groups in total. The van der Waals surface area contributed by atoms with Crippen LogP contribution < -0.4 is 15.2 Å². The topological polar surface area (TPSA) is 44.5 Å². The van der Waals surface area contributed by atoms with Gasteiger partial charge >= 0.3 is 0 Å². The molecule has 0 saturated heterocycles. The normalized spacial score (nSPS) is 13.4. The lowest BCUT2D eigenvalue weighted by Gasteiger charge is -2.21. The second-order valence-corrected chi connectivity index (χ2v) is 3.48. The van der Waals surface area contributed by atoms with Gasteiger partial charge in [0.2, 0.25) is 0 Å². The number of alkyl halides is 2. The van der Waals surface area contributed by atoms with Gasteiger partial charge in [0.15, 0.2) is 11.5 Å². The Morgan fingerprint density at radius 3 is 2.19 bits per heavy atom. The lowest BCUT2D eigenvalue weighted by molar-refractivity contribution is -0.0258. The standard InChI is InChI=1S/C11H15F2NO2/c1-7(14)11(12,13)8-4-5-9(15-2)10(6-8)16-3/h4-7H,14H2,1-3H3. The first kappa shape index (κ1) is 12.7. The molecule has 0 aliphatic carbocycles. The summed E-state index contributed by atoms with van der Waals surface area (Å²) in [4.78, 5) is 0. The molecule has 0 aliphatic rings. The minimum atomic E-state index is -3.08. The number of rotatable bonds is 4. The number of hydrogen-bond acceptors (Lipinski definition) is 3. The predicted molar refractivity (Wildman–Crippen MR) is 57.1 cm³/mol. The molecule has 5 heteroatoms. The van der Waals surface area contributed by atoms with Gasteiger partial charge in [-0.25, -0.2) is 0 Å². The number of halogens is 2. The molecule has 0 aromatic heterocycles. The maximum Gasteiger partial charge on any atom is 0.287 e. The largest absolute Gasteiger partial charge is 0.493 e. The highest BCUT2D eigenvalue weighted by Crippen LogP contribution is 2.36. The Morgan fingerprint density at radius 2 is 1.75 bits per heavy atom. The number of hydrogen-bond donors (Lipinski definition) is 1. The molecule has 0 fully saturated rings. The molecule has 0 aliphatic heterocycles. The van der Waals surface area contributed by atoms with Crippen molar-refractivity contribution in [1.82, 2.24) is 0 Å². The fourth-order valence-corrected chi connectivity index (χ4v) is 1.31. The van der Waals surface area contributed by atoms with Crippen LogP contribution in [0.5, 0.6) is 11.5 Å². The van der Waals surface area contributed by atoms with Crippen LogP contribution in [0, 0.1) is 0 Å². The van der Waals surface area contributed by atoms with Crippen LogP contribution in [0.1, 0.15) is 12.5 Å². The van der Waals surface area contributed by atoms with Crippen LogP contribution in [0.15, 0.2) is 18.2 Å². The third-order valence-electron chi connectivity index (χ3n) is 2.34. The maximum atomic E-state index is 13.6. The van der Waals surface area contributed by atoms with E-state index in [1.54, 1.807) is 0 Å². The maximum absolute atomic E-state index is 13.6. The second-order valence-electron chi connectivity index (χ2n) is 3.48. The smallest absolute Gasteiger partial charge is 0.287 e. The van der Waals surface area contributed by atoms with E-state index in [-0.39, 0.29) is 11.3 Å². The minimum Gasteiger partial charge on any atom is -0.493 e. The first-order valence-corrected chi connectivity index (χ1v) is 4.79. The lowest BCUT2D eigenvalue weighted by Crippen LogP contribution is -2.35. The van der Waals surface area contributed by atoms with E-state index in [9.17, 15) is 8.78 Å². The Morgan fingerprint density at radius 1 is 1.19 bits per heavy atom. The second kappa shape index (κ2) is 4.65. The van der Waals surface area contributed by atoms with E-state index in [0.29, 0.717) is 5.75 Å². The van der Waals surface area contributed by atoms with E-state index in [1.165, 1.54) is 39.3 Å². The van der Waals surface area contributed by atoms with Crippen molar-refractivity contribution in [1.29, 1.82) is 0 Å². The van der Waals surface area contributed by atoms with Crippen molar-refractivity contribution in [3.63, 3.8) is 0 Å². The van der Waals surface area contributed by atoms with Gasteiger partial charge < -0.3 is 15.2 Å². The molecule has 0 saturated carbocycles. The number of nitrogens with two attached hydrogens (primary N) is 1. The summed E-state index contributed by atoms with van der Waals surface area (Å²) in [7, 11) is 2.84. The molecule has 1 rings (SSSR count). The van der Waals surface area contributed by atoms with Crippen LogP contribution in [-0.2, 0) is 5.92 Å². The molecule has 1 unspecified atom stereocenters. The van der Waals surface area contributed by atoms with Crippen LogP contribution >= 0.6 is 0 Å². The van der Waals surface area contributed by atoms with E-state index in [2.05, 4.69) is 0 Å². The summed E-state index contributed by atoms with van der Waals surface area (Å²) in [6.07, 6.45) is 0. The van der Waals surface area contributed by atoms with Crippen LogP contribution in [-0.4, -0.2) is 20.3 Å².